The van der Waals surface area contributed by atoms with Crippen LogP contribution in [0.15, 0.2) is 0 Å². The molecule has 0 saturated carbocycles. The predicted octanol–water partition coefficient (Wildman–Crippen LogP) is 3.84. The van der Waals surface area contributed by atoms with Crippen molar-refractivity contribution in [1.29, 1.82) is 0 Å². The SMILES string of the molecule is CC(C)(C)SCC(=O)NC(C)(C)C(C)(C)NC(=O)CSC(C)(C)C. The van der Waals surface area contributed by atoms with Crippen molar-refractivity contribution in [1.82, 2.24) is 10.6 Å². The van der Waals surface area contributed by atoms with E-state index >= 15 is 0 Å². The van der Waals surface area contributed by atoms with Gasteiger partial charge in [-0.05, 0) is 27.7 Å². The molecule has 0 aromatic carbocycles. The first kappa shape index (κ1) is 23.6. The molecular formula is C18H36N2O2S2. The fourth-order valence-electron chi connectivity index (χ4n) is 1.65. The van der Waals surface area contributed by atoms with Crippen molar-refractivity contribution in [2.75, 3.05) is 11.5 Å². The van der Waals surface area contributed by atoms with Crippen molar-refractivity contribution in [3.63, 3.8) is 0 Å². The van der Waals surface area contributed by atoms with Gasteiger partial charge in [0.15, 0.2) is 0 Å². The van der Waals surface area contributed by atoms with Crippen LogP contribution in [0.1, 0.15) is 69.2 Å². The summed E-state index contributed by atoms with van der Waals surface area (Å²) in [6, 6.07) is 0. The molecule has 0 aromatic rings. The second-order valence-corrected chi connectivity index (χ2v) is 12.8. The molecule has 0 bridgehead atoms. The van der Waals surface area contributed by atoms with Crippen molar-refractivity contribution in [3.05, 3.63) is 0 Å². The third kappa shape index (κ3) is 9.82. The third-order valence-corrected chi connectivity index (χ3v) is 6.28. The molecule has 24 heavy (non-hydrogen) atoms. The lowest BCUT2D eigenvalue weighted by Crippen LogP contribution is -2.66. The maximum absolute atomic E-state index is 12.2. The van der Waals surface area contributed by atoms with Crippen molar-refractivity contribution in [3.8, 4) is 0 Å². The van der Waals surface area contributed by atoms with Crippen LogP contribution >= 0.6 is 23.5 Å². The van der Waals surface area contributed by atoms with Gasteiger partial charge in [0.1, 0.15) is 0 Å². The maximum Gasteiger partial charge on any atom is 0.230 e. The molecule has 0 radical (unpaired) electrons. The fraction of sp³-hybridized carbons (Fsp3) is 0.889. The average molecular weight is 377 g/mol. The van der Waals surface area contributed by atoms with Crippen LogP contribution in [-0.2, 0) is 9.59 Å². The quantitative estimate of drug-likeness (QED) is 0.709. The van der Waals surface area contributed by atoms with Gasteiger partial charge in [-0.2, -0.15) is 0 Å². The van der Waals surface area contributed by atoms with Gasteiger partial charge in [0, 0.05) is 9.49 Å². The summed E-state index contributed by atoms with van der Waals surface area (Å²) < 4.78 is 0.102. The fourth-order valence-corrected chi connectivity index (χ4v) is 2.92. The van der Waals surface area contributed by atoms with Gasteiger partial charge in [-0.25, -0.2) is 0 Å². The molecule has 0 aliphatic rings. The number of thioether (sulfide) groups is 2. The molecule has 0 heterocycles. The van der Waals surface area contributed by atoms with E-state index in [0.717, 1.165) is 0 Å². The highest BCUT2D eigenvalue weighted by atomic mass is 32.2. The average Bonchev–Trinajstić information content (AvgIpc) is 2.31. The Morgan fingerprint density at radius 3 is 1.08 bits per heavy atom. The van der Waals surface area contributed by atoms with Gasteiger partial charge < -0.3 is 10.6 Å². The summed E-state index contributed by atoms with van der Waals surface area (Å²) in [4.78, 5) is 24.5. The Hall–Kier alpha value is -0.360. The highest BCUT2D eigenvalue weighted by Gasteiger charge is 2.39. The number of amides is 2. The second kappa shape index (κ2) is 8.35. The molecular weight excluding hydrogens is 340 g/mol. The number of hydrogen-bond acceptors (Lipinski definition) is 4. The van der Waals surface area contributed by atoms with Crippen molar-refractivity contribution >= 4 is 35.3 Å². The zero-order chi connectivity index (χ0) is 19.4. The first-order valence-electron chi connectivity index (χ1n) is 8.35. The largest absolute Gasteiger partial charge is 0.348 e. The molecule has 0 unspecified atom stereocenters. The molecule has 2 amide bonds. The standard InChI is InChI=1S/C18H36N2O2S2/c1-15(2,3)23-11-13(21)19-17(7,8)18(9,10)20-14(22)12-24-16(4,5)6/h11-12H2,1-10H3,(H,19,21)(H,20,22). The lowest BCUT2D eigenvalue weighted by molar-refractivity contribution is -0.124. The minimum absolute atomic E-state index is 0.00804. The van der Waals surface area contributed by atoms with Crippen LogP contribution in [0.25, 0.3) is 0 Å². The van der Waals surface area contributed by atoms with E-state index in [0.29, 0.717) is 11.5 Å². The van der Waals surface area contributed by atoms with Gasteiger partial charge in [-0.3, -0.25) is 9.59 Å². The second-order valence-electron chi connectivity index (χ2n) is 9.15. The van der Waals surface area contributed by atoms with E-state index in [9.17, 15) is 9.59 Å². The summed E-state index contributed by atoms with van der Waals surface area (Å²) >= 11 is 3.23. The zero-order valence-electron chi connectivity index (χ0n) is 17.0. The monoisotopic (exact) mass is 376 g/mol. The molecule has 0 rings (SSSR count). The topological polar surface area (TPSA) is 58.2 Å². The number of carbonyl (C=O) groups excluding carboxylic acids is 2. The lowest BCUT2D eigenvalue weighted by Gasteiger charge is -2.43. The number of rotatable bonds is 7. The molecule has 0 saturated heterocycles. The van der Waals surface area contributed by atoms with Crippen molar-refractivity contribution < 1.29 is 9.59 Å². The van der Waals surface area contributed by atoms with E-state index in [4.69, 9.17) is 0 Å². The summed E-state index contributed by atoms with van der Waals surface area (Å²) in [5.41, 5.74) is -1.10. The smallest absolute Gasteiger partial charge is 0.230 e. The van der Waals surface area contributed by atoms with Gasteiger partial charge in [0.05, 0.1) is 22.6 Å². The van der Waals surface area contributed by atoms with Gasteiger partial charge in [-0.1, -0.05) is 41.5 Å². The van der Waals surface area contributed by atoms with Crippen LogP contribution in [0.4, 0.5) is 0 Å². The van der Waals surface area contributed by atoms with Gasteiger partial charge >= 0.3 is 0 Å². The molecule has 4 nitrogen and oxygen atoms in total. The Morgan fingerprint density at radius 1 is 0.625 bits per heavy atom. The number of nitrogens with one attached hydrogen (secondary N) is 2. The van der Waals surface area contributed by atoms with E-state index in [1.165, 1.54) is 0 Å². The van der Waals surface area contributed by atoms with Crippen LogP contribution in [-0.4, -0.2) is 43.9 Å². The Kier molecular flexibility index (Phi) is 8.22. The number of hydrogen-bond donors (Lipinski definition) is 2. The third-order valence-electron chi connectivity index (χ3n) is 3.74. The molecule has 0 atom stereocenters. The van der Waals surface area contributed by atoms with Crippen molar-refractivity contribution in [2.24, 2.45) is 0 Å². The normalized spacial score (nSPS) is 13.6. The molecule has 6 heteroatoms. The maximum atomic E-state index is 12.2. The Balaban J connectivity index is 4.68. The van der Waals surface area contributed by atoms with Crippen LogP contribution in [0, 0.1) is 0 Å². The molecule has 0 aliphatic carbocycles. The highest BCUT2D eigenvalue weighted by molar-refractivity contribution is 8.01. The number of carbonyl (C=O) groups is 2. The minimum Gasteiger partial charge on any atom is -0.348 e. The van der Waals surface area contributed by atoms with E-state index in [-0.39, 0.29) is 21.3 Å². The molecule has 0 aliphatic heterocycles. The Morgan fingerprint density at radius 2 is 0.875 bits per heavy atom. The molecule has 0 fully saturated rings. The predicted molar refractivity (Wildman–Crippen MR) is 109 cm³/mol. The highest BCUT2D eigenvalue weighted by Crippen LogP contribution is 2.26. The Bertz CT molecular complexity index is 405. The molecule has 142 valence electrons. The van der Waals surface area contributed by atoms with E-state index in [1.54, 1.807) is 23.5 Å². The van der Waals surface area contributed by atoms with E-state index in [2.05, 4.69) is 52.2 Å². The molecule has 2 N–H and O–H groups in total. The first-order chi connectivity index (χ1) is 10.5. The minimum atomic E-state index is -0.551. The lowest BCUT2D eigenvalue weighted by atomic mass is 9.82. The molecule has 0 aromatic heterocycles. The van der Waals surface area contributed by atoms with Gasteiger partial charge in [-0.15, -0.1) is 23.5 Å². The Labute approximate surface area is 157 Å². The van der Waals surface area contributed by atoms with Gasteiger partial charge in [0.2, 0.25) is 11.8 Å². The van der Waals surface area contributed by atoms with E-state index in [1.807, 2.05) is 27.7 Å². The summed E-state index contributed by atoms with van der Waals surface area (Å²) in [6.45, 7) is 20.3. The molecule has 0 spiro atoms. The summed E-state index contributed by atoms with van der Waals surface area (Å²) in [5, 5.41) is 6.13. The zero-order valence-corrected chi connectivity index (χ0v) is 18.7. The van der Waals surface area contributed by atoms with Crippen LogP contribution in [0.5, 0.6) is 0 Å². The summed E-state index contributed by atoms with van der Waals surface area (Å²) in [6.07, 6.45) is 0. The summed E-state index contributed by atoms with van der Waals surface area (Å²) in [7, 11) is 0. The first-order valence-corrected chi connectivity index (χ1v) is 10.3. The van der Waals surface area contributed by atoms with Crippen LogP contribution < -0.4 is 10.6 Å². The van der Waals surface area contributed by atoms with Crippen LogP contribution in [0.3, 0.4) is 0 Å². The van der Waals surface area contributed by atoms with Crippen LogP contribution in [0.2, 0.25) is 0 Å². The van der Waals surface area contributed by atoms with E-state index < -0.39 is 11.1 Å². The summed E-state index contributed by atoms with van der Waals surface area (Å²) in [5.74, 6) is 0.811. The van der Waals surface area contributed by atoms with Gasteiger partial charge in [0.25, 0.3) is 0 Å². The van der Waals surface area contributed by atoms with Crippen molar-refractivity contribution in [2.45, 2.75) is 89.8 Å².